The molecular formula is C12H13BrN6OS. The van der Waals surface area contributed by atoms with Gasteiger partial charge in [0.2, 0.25) is 17.1 Å². The molecule has 0 bridgehead atoms. The molecule has 1 fully saturated rings. The topological polar surface area (TPSA) is 90.0 Å². The lowest BCUT2D eigenvalue weighted by molar-refractivity contribution is 0.122. The van der Waals surface area contributed by atoms with E-state index in [1.807, 2.05) is 17.0 Å². The number of morpholine rings is 1. The number of anilines is 2. The van der Waals surface area contributed by atoms with Crippen molar-refractivity contribution in [1.82, 2.24) is 19.9 Å². The van der Waals surface area contributed by atoms with E-state index in [1.54, 1.807) is 6.20 Å². The number of nitrogens with zero attached hydrogens (tertiary/aromatic N) is 5. The van der Waals surface area contributed by atoms with Crippen molar-refractivity contribution in [3.8, 4) is 0 Å². The zero-order valence-electron chi connectivity index (χ0n) is 11.1. The van der Waals surface area contributed by atoms with E-state index in [0.29, 0.717) is 24.3 Å². The molecule has 0 atom stereocenters. The van der Waals surface area contributed by atoms with Crippen LogP contribution in [0.4, 0.5) is 11.9 Å². The molecule has 2 aromatic rings. The molecule has 0 aliphatic carbocycles. The summed E-state index contributed by atoms with van der Waals surface area (Å²) < 4.78 is 6.25. The van der Waals surface area contributed by atoms with Gasteiger partial charge < -0.3 is 15.4 Å². The molecule has 0 amide bonds. The Labute approximate surface area is 134 Å². The monoisotopic (exact) mass is 368 g/mol. The van der Waals surface area contributed by atoms with Crippen LogP contribution in [0.15, 0.2) is 33.0 Å². The minimum absolute atomic E-state index is 0.214. The highest BCUT2D eigenvalue weighted by Crippen LogP contribution is 2.25. The van der Waals surface area contributed by atoms with E-state index in [2.05, 4.69) is 35.9 Å². The number of pyridine rings is 1. The summed E-state index contributed by atoms with van der Waals surface area (Å²) in [6, 6.07) is 3.81. The second-order valence-electron chi connectivity index (χ2n) is 4.29. The first-order chi connectivity index (χ1) is 10.2. The van der Waals surface area contributed by atoms with Gasteiger partial charge in [-0.25, -0.2) is 4.98 Å². The van der Waals surface area contributed by atoms with Crippen molar-refractivity contribution in [2.75, 3.05) is 36.9 Å². The van der Waals surface area contributed by atoms with Crippen molar-refractivity contribution >= 4 is 39.6 Å². The number of aromatic nitrogens is 4. The zero-order valence-corrected chi connectivity index (χ0v) is 13.5. The second-order valence-corrected chi connectivity index (χ2v) is 6.20. The molecule has 0 spiro atoms. The summed E-state index contributed by atoms with van der Waals surface area (Å²) >= 11 is 4.71. The molecule has 0 unspecified atom stereocenters. The maximum Gasteiger partial charge on any atom is 0.231 e. The molecule has 110 valence electrons. The van der Waals surface area contributed by atoms with Gasteiger partial charge in [-0.1, -0.05) is 0 Å². The van der Waals surface area contributed by atoms with Gasteiger partial charge in [0, 0.05) is 23.8 Å². The molecule has 0 radical (unpaired) electrons. The smallest absolute Gasteiger partial charge is 0.231 e. The van der Waals surface area contributed by atoms with Crippen LogP contribution < -0.4 is 10.6 Å². The van der Waals surface area contributed by atoms with Gasteiger partial charge in [-0.2, -0.15) is 15.0 Å². The van der Waals surface area contributed by atoms with E-state index in [0.717, 1.165) is 22.6 Å². The molecule has 7 nitrogen and oxygen atoms in total. The van der Waals surface area contributed by atoms with Gasteiger partial charge in [-0.3, -0.25) is 0 Å². The normalized spacial score (nSPS) is 15.2. The predicted molar refractivity (Wildman–Crippen MR) is 83.3 cm³/mol. The Kier molecular flexibility index (Phi) is 4.51. The molecule has 0 aromatic carbocycles. The Morgan fingerprint density at radius 3 is 2.71 bits per heavy atom. The largest absolute Gasteiger partial charge is 0.378 e. The average Bonchev–Trinajstić information content (AvgIpc) is 2.50. The van der Waals surface area contributed by atoms with E-state index >= 15 is 0 Å². The Bertz CT molecular complexity index is 620. The standard InChI is InChI=1S/C12H13BrN6OS/c13-8-1-2-9(15-7-8)21-12-17-10(14)16-11(18-12)19-3-5-20-6-4-19/h1-2,7H,3-6H2,(H2,14,16,17,18). The molecule has 3 heterocycles. The third kappa shape index (κ3) is 3.80. The summed E-state index contributed by atoms with van der Waals surface area (Å²) in [7, 11) is 0. The summed E-state index contributed by atoms with van der Waals surface area (Å²) in [6.45, 7) is 2.85. The summed E-state index contributed by atoms with van der Waals surface area (Å²) in [5, 5.41) is 1.34. The van der Waals surface area contributed by atoms with Gasteiger partial charge in [-0.15, -0.1) is 0 Å². The Balaban J connectivity index is 1.81. The molecule has 2 aromatic heterocycles. The van der Waals surface area contributed by atoms with Gasteiger partial charge in [-0.05, 0) is 39.8 Å². The van der Waals surface area contributed by atoms with E-state index < -0.39 is 0 Å². The van der Waals surface area contributed by atoms with Crippen LogP contribution in [0.3, 0.4) is 0 Å². The lowest BCUT2D eigenvalue weighted by Gasteiger charge is -2.26. The second kappa shape index (κ2) is 6.54. The highest BCUT2D eigenvalue weighted by Gasteiger charge is 2.16. The summed E-state index contributed by atoms with van der Waals surface area (Å²) in [6.07, 6.45) is 1.73. The Morgan fingerprint density at radius 2 is 2.00 bits per heavy atom. The van der Waals surface area contributed by atoms with E-state index in [-0.39, 0.29) is 5.95 Å². The van der Waals surface area contributed by atoms with Crippen molar-refractivity contribution in [2.45, 2.75) is 10.2 Å². The van der Waals surface area contributed by atoms with Crippen LogP contribution in [0.2, 0.25) is 0 Å². The first kappa shape index (κ1) is 14.5. The summed E-state index contributed by atoms with van der Waals surface area (Å²) in [4.78, 5) is 19.1. The number of halogens is 1. The van der Waals surface area contributed by atoms with Crippen LogP contribution >= 0.6 is 27.7 Å². The summed E-state index contributed by atoms with van der Waals surface area (Å²) in [5.41, 5.74) is 5.78. The van der Waals surface area contributed by atoms with Crippen molar-refractivity contribution in [3.63, 3.8) is 0 Å². The van der Waals surface area contributed by atoms with Crippen LogP contribution in [-0.4, -0.2) is 46.2 Å². The maximum absolute atomic E-state index is 5.78. The number of hydrogen-bond acceptors (Lipinski definition) is 8. The van der Waals surface area contributed by atoms with Crippen molar-refractivity contribution < 1.29 is 4.74 Å². The van der Waals surface area contributed by atoms with Gasteiger partial charge in [0.05, 0.1) is 13.2 Å². The molecule has 1 aliphatic rings. The first-order valence-corrected chi connectivity index (χ1v) is 7.95. The molecular weight excluding hydrogens is 356 g/mol. The Hall–Kier alpha value is -1.45. The fraction of sp³-hybridized carbons (Fsp3) is 0.333. The van der Waals surface area contributed by atoms with E-state index in [1.165, 1.54) is 11.8 Å². The molecule has 1 aliphatic heterocycles. The van der Waals surface area contributed by atoms with E-state index in [4.69, 9.17) is 10.5 Å². The minimum atomic E-state index is 0.214. The lowest BCUT2D eigenvalue weighted by Crippen LogP contribution is -2.37. The number of hydrogen-bond donors (Lipinski definition) is 1. The fourth-order valence-corrected chi connectivity index (χ4v) is 2.76. The molecule has 2 N–H and O–H groups in total. The van der Waals surface area contributed by atoms with Crippen LogP contribution in [0.25, 0.3) is 0 Å². The highest BCUT2D eigenvalue weighted by molar-refractivity contribution is 9.10. The maximum atomic E-state index is 5.78. The average molecular weight is 369 g/mol. The predicted octanol–water partition coefficient (Wildman–Crippen LogP) is 1.60. The molecule has 3 rings (SSSR count). The van der Waals surface area contributed by atoms with Crippen LogP contribution in [-0.2, 0) is 4.74 Å². The zero-order chi connectivity index (χ0) is 14.7. The lowest BCUT2D eigenvalue weighted by atomic mass is 10.4. The minimum Gasteiger partial charge on any atom is -0.378 e. The molecule has 1 saturated heterocycles. The van der Waals surface area contributed by atoms with Crippen molar-refractivity contribution in [2.24, 2.45) is 0 Å². The molecule has 21 heavy (non-hydrogen) atoms. The van der Waals surface area contributed by atoms with Gasteiger partial charge in [0.15, 0.2) is 0 Å². The van der Waals surface area contributed by atoms with Crippen molar-refractivity contribution in [1.29, 1.82) is 0 Å². The third-order valence-corrected chi connectivity index (χ3v) is 4.10. The van der Waals surface area contributed by atoms with Gasteiger partial charge in [0.1, 0.15) is 5.03 Å². The Morgan fingerprint density at radius 1 is 1.19 bits per heavy atom. The number of nitrogens with two attached hydrogens (primary N) is 1. The van der Waals surface area contributed by atoms with Crippen LogP contribution in [0.5, 0.6) is 0 Å². The van der Waals surface area contributed by atoms with Crippen LogP contribution in [0, 0.1) is 0 Å². The number of ether oxygens (including phenoxy) is 1. The quantitative estimate of drug-likeness (QED) is 0.873. The van der Waals surface area contributed by atoms with Crippen molar-refractivity contribution in [3.05, 3.63) is 22.8 Å². The molecule has 0 saturated carbocycles. The fourth-order valence-electron chi connectivity index (χ4n) is 1.83. The van der Waals surface area contributed by atoms with E-state index in [9.17, 15) is 0 Å². The van der Waals surface area contributed by atoms with Gasteiger partial charge >= 0.3 is 0 Å². The first-order valence-electron chi connectivity index (χ1n) is 6.34. The summed E-state index contributed by atoms with van der Waals surface area (Å²) in [5.74, 6) is 0.802. The highest BCUT2D eigenvalue weighted by atomic mass is 79.9. The number of nitrogen functional groups attached to an aromatic ring is 1. The van der Waals surface area contributed by atoms with Crippen LogP contribution in [0.1, 0.15) is 0 Å². The number of rotatable bonds is 3. The third-order valence-electron chi connectivity index (χ3n) is 2.81. The SMILES string of the molecule is Nc1nc(Sc2ccc(Br)cn2)nc(N2CCOCC2)n1. The molecule has 9 heteroatoms. The van der Waals surface area contributed by atoms with Gasteiger partial charge in [0.25, 0.3) is 0 Å².